The molecule has 0 aromatic heterocycles. The van der Waals surface area contributed by atoms with Crippen molar-refractivity contribution in [1.82, 2.24) is 4.90 Å². The van der Waals surface area contributed by atoms with Gasteiger partial charge in [-0.2, -0.15) is 0 Å². The zero-order valence-corrected chi connectivity index (χ0v) is 7.23. The van der Waals surface area contributed by atoms with Crippen LogP contribution in [0.3, 0.4) is 0 Å². The maximum atomic E-state index is 7.90. The van der Waals surface area contributed by atoms with Gasteiger partial charge < -0.3 is 0 Å². The van der Waals surface area contributed by atoms with E-state index in [0.717, 1.165) is 0 Å². The van der Waals surface area contributed by atoms with E-state index in [-0.39, 0.29) is 4.90 Å². The summed E-state index contributed by atoms with van der Waals surface area (Å²) >= 11 is 0. The number of benzene rings is 1. The molecule has 1 aromatic carbocycles. The van der Waals surface area contributed by atoms with Crippen LogP contribution in [0.4, 0.5) is 0 Å². The summed E-state index contributed by atoms with van der Waals surface area (Å²) in [6.07, 6.45) is 0.599. The predicted molar refractivity (Wildman–Crippen MR) is 61.1 cm³/mol. The highest BCUT2D eigenvalue weighted by Gasteiger charge is 2.07. The molecule has 0 aliphatic carbocycles. The van der Waals surface area contributed by atoms with Crippen molar-refractivity contribution in [3.05, 3.63) is 35.8 Å². The van der Waals surface area contributed by atoms with Gasteiger partial charge in [-0.25, -0.2) is 0 Å². The van der Waals surface area contributed by atoms with Gasteiger partial charge in [0.25, 0.3) is 0 Å². The Morgan fingerprint density at radius 2 is 2.57 bits per heavy atom. The lowest BCUT2D eigenvalue weighted by Gasteiger charge is -2.22. The van der Waals surface area contributed by atoms with Crippen LogP contribution in [0.5, 0.6) is 0 Å². The van der Waals surface area contributed by atoms with Crippen molar-refractivity contribution in [2.45, 2.75) is 19.3 Å². The fraction of sp³-hybridized carbons (Fsp3) is 0.385. The molecule has 0 saturated heterocycles. The molecule has 1 nitrogen and oxygen atoms in total. The third kappa shape index (κ3) is 3.24. The van der Waals surface area contributed by atoms with Crippen molar-refractivity contribution in [2.75, 3.05) is 13.5 Å². The van der Waals surface area contributed by atoms with Crippen molar-refractivity contribution in [3.63, 3.8) is 0 Å². The Balaban J connectivity index is 3.72. The van der Waals surface area contributed by atoms with Gasteiger partial charge in [0, 0.05) is 14.3 Å². The average molecular weight is 201 g/mol. The first-order chi connectivity index (χ1) is 12.5. The van der Waals surface area contributed by atoms with Crippen LogP contribution in [0.25, 0.3) is 0 Å². The second-order valence-electron chi connectivity index (χ2n) is 2.43. The second-order valence-corrected chi connectivity index (χ2v) is 2.43. The van der Waals surface area contributed by atoms with Crippen LogP contribution < -0.4 is 0 Å². The van der Waals surface area contributed by atoms with Crippen LogP contribution >= 0.6 is 0 Å². The molecular formula is C13H17N. The van der Waals surface area contributed by atoms with Crippen molar-refractivity contribution >= 4 is 0 Å². The number of terminal acetylenes is 1. The van der Waals surface area contributed by atoms with Gasteiger partial charge in [0.2, 0.25) is 0 Å². The largest absolute Gasteiger partial charge is 0.292 e. The highest BCUT2D eigenvalue weighted by molar-refractivity contribution is 5.15. The van der Waals surface area contributed by atoms with Crippen molar-refractivity contribution in [1.29, 1.82) is 0 Å². The molecular weight excluding hydrogens is 170 g/mol. The molecule has 0 N–H and O–H groups in total. The Kier molecular flexibility index (Phi) is 0.959. The maximum Gasteiger partial charge on any atom is 0.124 e. The number of nitrogens with zero attached hydrogens (tertiary/aromatic N) is 1. The van der Waals surface area contributed by atoms with Crippen LogP contribution in [0.1, 0.15) is 31.6 Å². The van der Waals surface area contributed by atoms with Gasteiger partial charge in [0.1, 0.15) is 1.37 Å². The molecule has 74 valence electrons. The number of likely N-dealkylation sites (N-methyl/N-ethyl adjacent to an activating group) is 1. The SMILES string of the molecule is [2H]C#CC([2H])([2H])N([C@@H](Cc1c([2H])c([2H])c([2H])c([2H])c1[2H])C([2H])([2H])[2H])C([2H])([2H])[2H]. The monoisotopic (exact) mass is 201 g/mol. The Bertz CT molecular complexity index is 768. The molecule has 0 bridgehead atoms. The normalized spacial score (nSPS) is 29.2. The van der Waals surface area contributed by atoms with E-state index in [0.29, 0.717) is 0 Å². The molecule has 0 fully saturated rings. The summed E-state index contributed by atoms with van der Waals surface area (Å²) in [7, 11) is 0. The molecule has 0 spiro atoms. The second kappa shape index (κ2) is 5.47. The molecule has 0 aliphatic rings. The zero-order chi connectivity index (χ0) is 22.2. The molecule has 0 saturated carbocycles. The van der Waals surface area contributed by atoms with Gasteiger partial charge in [-0.15, -0.1) is 6.40 Å². The third-order valence-corrected chi connectivity index (χ3v) is 1.44. The molecule has 1 atom stereocenters. The average Bonchev–Trinajstić information content (AvgIpc) is 2.51. The van der Waals surface area contributed by atoms with Crippen LogP contribution in [-0.2, 0) is 6.42 Å². The molecule has 1 rings (SSSR count). The maximum absolute atomic E-state index is 7.90. The minimum Gasteiger partial charge on any atom is -0.292 e. The molecule has 0 radical (unpaired) electrons. The molecule has 14 heavy (non-hydrogen) atoms. The van der Waals surface area contributed by atoms with Gasteiger partial charge in [0.05, 0.1) is 16.1 Å². The first kappa shape index (κ1) is 2.46. The summed E-state index contributed by atoms with van der Waals surface area (Å²) in [4.78, 5) is -0.0186. The molecule has 1 aromatic rings. The number of rotatable bonds is 4. The summed E-state index contributed by atoms with van der Waals surface area (Å²) in [5, 5.41) is 0. The van der Waals surface area contributed by atoms with Gasteiger partial charge in [-0.3, -0.25) is 4.90 Å². The lowest BCUT2D eigenvalue weighted by Crippen LogP contribution is -2.31. The van der Waals surface area contributed by atoms with Crippen LogP contribution in [0.15, 0.2) is 30.2 Å². The summed E-state index contributed by atoms with van der Waals surface area (Å²) < 4.78 is 107. The van der Waals surface area contributed by atoms with Gasteiger partial charge in [-0.05, 0) is 25.8 Å². The van der Waals surface area contributed by atoms with Crippen LogP contribution in [-0.4, -0.2) is 24.4 Å². The van der Waals surface area contributed by atoms with Crippen LogP contribution in [0, 0.1) is 12.3 Å². The fourth-order valence-corrected chi connectivity index (χ4v) is 0.801. The summed E-state index contributed by atoms with van der Waals surface area (Å²) in [5.41, 5.74) is -0.462. The van der Waals surface area contributed by atoms with Crippen molar-refractivity contribution < 1.29 is 19.2 Å². The standard InChI is InChI=1S/C13H17N/c1-4-10-14(3)12(2)11-13-8-6-5-7-9-13/h1,5-9,12H,10-11H2,2-3H3/t12-/m1/s1/i1D,2D3,3D3,5D,6D,7D,8D,9D,10D2. The minimum absolute atomic E-state index is 0.0186. The van der Waals surface area contributed by atoms with E-state index in [1.165, 1.54) is 6.40 Å². The van der Waals surface area contributed by atoms with Gasteiger partial charge in [0.15, 0.2) is 0 Å². The Labute approximate surface area is 106 Å². The molecule has 0 aliphatic heterocycles. The van der Waals surface area contributed by atoms with E-state index in [1.54, 1.807) is 5.92 Å². The van der Waals surface area contributed by atoms with Crippen molar-refractivity contribution in [3.8, 4) is 12.3 Å². The number of hydrogen-bond acceptors (Lipinski definition) is 1. The highest BCUT2D eigenvalue weighted by atomic mass is 15.1. The lowest BCUT2D eigenvalue weighted by molar-refractivity contribution is 0.287. The van der Waals surface area contributed by atoms with Crippen LogP contribution in [0.2, 0.25) is 0 Å². The summed E-state index contributed by atoms with van der Waals surface area (Å²) in [6, 6.07) is -5.69. The zero-order valence-electron chi connectivity index (χ0n) is 21.2. The molecule has 0 amide bonds. The topological polar surface area (TPSA) is 3.24 Å². The molecule has 0 unspecified atom stereocenters. The van der Waals surface area contributed by atoms with E-state index < -0.39 is 68.6 Å². The summed E-state index contributed by atoms with van der Waals surface area (Å²) in [5.74, 6) is 1.70. The van der Waals surface area contributed by atoms with Gasteiger partial charge in [-0.1, -0.05) is 36.1 Å². The van der Waals surface area contributed by atoms with E-state index in [9.17, 15) is 0 Å². The quantitative estimate of drug-likeness (QED) is 0.675. The smallest absolute Gasteiger partial charge is 0.124 e. The fourth-order valence-electron chi connectivity index (χ4n) is 0.801. The van der Waals surface area contributed by atoms with Gasteiger partial charge >= 0.3 is 0 Å². The Morgan fingerprint density at radius 1 is 1.71 bits per heavy atom. The highest BCUT2D eigenvalue weighted by Crippen LogP contribution is 2.06. The number of hydrogen-bond donors (Lipinski definition) is 0. The van der Waals surface area contributed by atoms with E-state index >= 15 is 0 Å². The van der Waals surface area contributed by atoms with E-state index in [1.807, 2.05) is 0 Å². The van der Waals surface area contributed by atoms with E-state index in [4.69, 9.17) is 19.2 Å². The lowest BCUT2D eigenvalue weighted by atomic mass is 10.1. The van der Waals surface area contributed by atoms with E-state index in [2.05, 4.69) is 0 Å². The van der Waals surface area contributed by atoms with Crippen molar-refractivity contribution in [2.24, 2.45) is 0 Å². The first-order valence-electron chi connectivity index (χ1n) is 10.8. The molecule has 0 heterocycles. The first-order valence-corrected chi connectivity index (χ1v) is 3.76. The summed E-state index contributed by atoms with van der Waals surface area (Å²) in [6.45, 7) is -9.48. The third-order valence-electron chi connectivity index (χ3n) is 1.44. The molecule has 1 heteroatoms. The Hall–Kier alpha value is -1.26. The minimum atomic E-state index is -3.31. The Morgan fingerprint density at radius 3 is 3.21 bits per heavy atom. The predicted octanol–water partition coefficient (Wildman–Crippen LogP) is 2.18.